The third-order valence-corrected chi connectivity index (χ3v) is 4.00. The first kappa shape index (κ1) is 13.9. The lowest BCUT2D eigenvalue weighted by molar-refractivity contribution is 0.803. The highest BCUT2D eigenvalue weighted by atomic mass is 15.3. The van der Waals surface area contributed by atoms with Crippen LogP contribution in [0.5, 0.6) is 0 Å². The highest BCUT2D eigenvalue weighted by Gasteiger charge is 2.15. The van der Waals surface area contributed by atoms with E-state index >= 15 is 0 Å². The SMILES string of the molecule is [B]c1cnn2c(NCc3ccc[nH]3)cc(C3C=CC=CC3)nc12. The number of H-pyrrole nitrogens is 1. The topological polar surface area (TPSA) is 58.0 Å². The fourth-order valence-electron chi connectivity index (χ4n) is 2.78. The minimum Gasteiger partial charge on any atom is -0.364 e. The number of aromatic nitrogens is 4. The Morgan fingerprint density at radius 2 is 2.35 bits per heavy atom. The van der Waals surface area contributed by atoms with Crippen LogP contribution in [0.4, 0.5) is 5.82 Å². The van der Waals surface area contributed by atoms with Gasteiger partial charge in [0.2, 0.25) is 0 Å². The molecule has 3 aromatic rings. The van der Waals surface area contributed by atoms with E-state index in [4.69, 9.17) is 12.8 Å². The Balaban J connectivity index is 1.72. The summed E-state index contributed by atoms with van der Waals surface area (Å²) in [6.45, 7) is 0.686. The Labute approximate surface area is 135 Å². The highest BCUT2D eigenvalue weighted by molar-refractivity contribution is 6.36. The smallest absolute Gasteiger partial charge is 0.150 e. The van der Waals surface area contributed by atoms with Crippen LogP contribution in [0.1, 0.15) is 23.7 Å². The number of nitrogens with zero attached hydrogens (tertiary/aromatic N) is 3. The van der Waals surface area contributed by atoms with Crippen molar-refractivity contribution in [2.45, 2.75) is 18.9 Å². The average Bonchev–Trinajstić information content (AvgIpc) is 3.24. The number of fused-ring (bicyclic) bond motifs is 1. The Morgan fingerprint density at radius 1 is 1.39 bits per heavy atom. The summed E-state index contributed by atoms with van der Waals surface area (Å²) in [6, 6.07) is 6.07. The first-order valence-corrected chi connectivity index (χ1v) is 7.65. The van der Waals surface area contributed by atoms with Crippen molar-refractivity contribution < 1.29 is 0 Å². The van der Waals surface area contributed by atoms with Gasteiger partial charge in [-0.15, -0.1) is 0 Å². The van der Waals surface area contributed by atoms with Crippen LogP contribution in [-0.2, 0) is 6.54 Å². The van der Waals surface area contributed by atoms with Crippen LogP contribution >= 0.6 is 0 Å². The number of aromatic amines is 1. The van der Waals surface area contributed by atoms with Gasteiger partial charge >= 0.3 is 0 Å². The molecule has 0 bridgehead atoms. The fraction of sp³-hybridized carbons (Fsp3) is 0.176. The van der Waals surface area contributed by atoms with Crippen LogP contribution in [0.15, 0.2) is 54.9 Å². The molecule has 1 unspecified atom stereocenters. The van der Waals surface area contributed by atoms with Gasteiger partial charge in [-0.25, -0.2) is 4.98 Å². The number of hydrogen-bond acceptors (Lipinski definition) is 3. The molecular weight excluding hydrogens is 285 g/mol. The summed E-state index contributed by atoms with van der Waals surface area (Å²) in [5.74, 6) is 1.16. The van der Waals surface area contributed by atoms with Gasteiger partial charge in [-0.1, -0.05) is 24.3 Å². The van der Waals surface area contributed by atoms with E-state index in [0.29, 0.717) is 17.7 Å². The lowest BCUT2D eigenvalue weighted by atomic mass is 9.96. The van der Waals surface area contributed by atoms with Gasteiger partial charge in [0, 0.05) is 30.1 Å². The van der Waals surface area contributed by atoms with Crippen LogP contribution in [0.3, 0.4) is 0 Å². The minimum atomic E-state index is 0.269. The van der Waals surface area contributed by atoms with E-state index in [1.807, 2.05) is 18.3 Å². The summed E-state index contributed by atoms with van der Waals surface area (Å²) < 4.78 is 1.75. The first-order chi connectivity index (χ1) is 11.3. The van der Waals surface area contributed by atoms with Crippen molar-refractivity contribution in [1.82, 2.24) is 19.6 Å². The lowest BCUT2D eigenvalue weighted by Gasteiger charge is -2.16. The van der Waals surface area contributed by atoms with Crippen LogP contribution in [0.2, 0.25) is 0 Å². The van der Waals surface area contributed by atoms with Crippen molar-refractivity contribution in [2.75, 3.05) is 5.32 Å². The minimum absolute atomic E-state index is 0.269. The Bertz CT molecular complexity index is 876. The van der Waals surface area contributed by atoms with Gasteiger partial charge in [0.15, 0.2) is 5.65 Å². The van der Waals surface area contributed by atoms with Crippen LogP contribution < -0.4 is 10.8 Å². The second-order valence-electron chi connectivity index (χ2n) is 5.61. The number of allylic oxidation sites excluding steroid dienone is 4. The number of hydrogen-bond donors (Lipinski definition) is 2. The molecule has 0 spiro atoms. The predicted octanol–water partition coefficient (Wildman–Crippen LogP) is 2.06. The molecule has 112 valence electrons. The molecule has 3 aromatic heterocycles. The van der Waals surface area contributed by atoms with Gasteiger partial charge in [0.25, 0.3) is 0 Å². The number of rotatable bonds is 4. The quantitative estimate of drug-likeness (QED) is 0.725. The molecule has 1 aliphatic rings. The molecule has 2 radical (unpaired) electrons. The van der Waals surface area contributed by atoms with E-state index in [1.54, 1.807) is 10.7 Å². The summed E-state index contributed by atoms with van der Waals surface area (Å²) >= 11 is 0. The van der Waals surface area contributed by atoms with Crippen LogP contribution in [0.25, 0.3) is 5.65 Å². The zero-order chi connectivity index (χ0) is 15.6. The molecule has 1 aliphatic carbocycles. The van der Waals surface area contributed by atoms with Gasteiger partial charge in [-0.05, 0) is 24.0 Å². The van der Waals surface area contributed by atoms with E-state index < -0.39 is 0 Å². The normalized spacial score (nSPS) is 17.0. The molecule has 0 saturated heterocycles. The first-order valence-electron chi connectivity index (χ1n) is 7.65. The van der Waals surface area contributed by atoms with Gasteiger partial charge in [0.1, 0.15) is 13.7 Å². The second kappa shape index (κ2) is 5.80. The predicted molar refractivity (Wildman–Crippen MR) is 92.1 cm³/mol. The van der Waals surface area contributed by atoms with Crippen molar-refractivity contribution in [1.29, 1.82) is 0 Å². The van der Waals surface area contributed by atoms with E-state index in [0.717, 1.165) is 23.6 Å². The lowest BCUT2D eigenvalue weighted by Crippen LogP contribution is -2.12. The maximum atomic E-state index is 6.02. The molecule has 6 heteroatoms. The molecule has 5 nitrogen and oxygen atoms in total. The van der Waals surface area contributed by atoms with E-state index in [2.05, 4.69) is 45.8 Å². The third kappa shape index (κ3) is 2.68. The fourth-order valence-corrected chi connectivity index (χ4v) is 2.78. The van der Waals surface area contributed by atoms with Crippen molar-refractivity contribution in [3.05, 3.63) is 66.3 Å². The number of anilines is 1. The van der Waals surface area contributed by atoms with Gasteiger partial charge in [-0.2, -0.15) is 9.61 Å². The maximum Gasteiger partial charge on any atom is 0.150 e. The van der Waals surface area contributed by atoms with Gasteiger partial charge in [0.05, 0.1) is 12.2 Å². The Hall–Kier alpha value is -2.76. The van der Waals surface area contributed by atoms with Gasteiger partial charge < -0.3 is 10.3 Å². The molecule has 4 rings (SSSR count). The summed E-state index contributed by atoms with van der Waals surface area (Å²) in [4.78, 5) is 7.89. The molecule has 23 heavy (non-hydrogen) atoms. The molecular formula is C17H16BN5. The summed E-state index contributed by atoms with van der Waals surface area (Å²) in [7, 11) is 6.02. The molecule has 0 amide bonds. The van der Waals surface area contributed by atoms with Crippen molar-refractivity contribution in [3.63, 3.8) is 0 Å². The zero-order valence-electron chi connectivity index (χ0n) is 12.6. The average molecular weight is 301 g/mol. The molecule has 2 N–H and O–H groups in total. The molecule has 0 aliphatic heterocycles. The van der Waals surface area contributed by atoms with E-state index in [-0.39, 0.29) is 5.92 Å². The summed E-state index contributed by atoms with van der Waals surface area (Å²) in [6.07, 6.45) is 12.9. The van der Waals surface area contributed by atoms with Crippen molar-refractivity contribution >= 4 is 24.8 Å². The molecule has 3 heterocycles. The molecule has 1 atom stereocenters. The maximum absolute atomic E-state index is 6.02. The van der Waals surface area contributed by atoms with E-state index in [9.17, 15) is 0 Å². The van der Waals surface area contributed by atoms with Crippen LogP contribution in [0, 0.1) is 0 Å². The van der Waals surface area contributed by atoms with Crippen LogP contribution in [-0.4, -0.2) is 27.4 Å². The highest BCUT2D eigenvalue weighted by Crippen LogP contribution is 2.25. The van der Waals surface area contributed by atoms with Gasteiger partial charge in [-0.3, -0.25) is 0 Å². The molecule has 0 aromatic carbocycles. The third-order valence-electron chi connectivity index (χ3n) is 4.00. The zero-order valence-corrected chi connectivity index (χ0v) is 12.6. The summed E-state index contributed by atoms with van der Waals surface area (Å²) in [5, 5.41) is 7.74. The standard InChI is InChI=1S/C17H16BN5/c18-14-11-21-23-16(20-10-13-7-4-8-19-13)9-15(22-17(14)23)12-5-2-1-3-6-12/h1-5,7-9,11-12,19-20H,6,10H2. The molecule has 0 fully saturated rings. The monoisotopic (exact) mass is 301 g/mol. The van der Waals surface area contributed by atoms with Crippen molar-refractivity contribution in [3.8, 4) is 0 Å². The largest absolute Gasteiger partial charge is 0.364 e. The molecule has 0 saturated carbocycles. The second-order valence-corrected chi connectivity index (χ2v) is 5.61. The number of nitrogens with one attached hydrogen (secondary N) is 2. The summed E-state index contributed by atoms with van der Waals surface area (Å²) in [5.41, 5.74) is 3.39. The van der Waals surface area contributed by atoms with Crippen molar-refractivity contribution in [2.24, 2.45) is 0 Å². The Morgan fingerprint density at radius 3 is 3.13 bits per heavy atom. The van der Waals surface area contributed by atoms with E-state index in [1.165, 1.54) is 0 Å². The Kier molecular flexibility index (Phi) is 3.50.